The van der Waals surface area contributed by atoms with Gasteiger partial charge in [-0.2, -0.15) is 0 Å². The topological polar surface area (TPSA) is 81.4 Å². The van der Waals surface area contributed by atoms with E-state index in [-0.39, 0.29) is 5.56 Å². The molecule has 0 saturated heterocycles. The maximum Gasteiger partial charge on any atom is 0.341 e. The molecule has 1 N–H and O–H groups in total. The molecule has 0 aliphatic rings. The number of carboxylic acid groups (broad SMARTS) is 1. The first-order chi connectivity index (χ1) is 9.04. The van der Waals surface area contributed by atoms with Gasteiger partial charge in [0.1, 0.15) is 5.56 Å². The van der Waals surface area contributed by atoms with Gasteiger partial charge in [-0.15, -0.1) is 0 Å². The van der Waals surface area contributed by atoms with Crippen LogP contribution in [0.25, 0.3) is 5.69 Å². The largest absolute Gasteiger partial charge is 0.481 e. The summed E-state index contributed by atoms with van der Waals surface area (Å²) in [6, 6.07) is 6.06. The number of aryl methyl sites for hydroxylation is 1. The van der Waals surface area contributed by atoms with E-state index in [1.165, 1.54) is 23.9 Å². The molecule has 0 bridgehead atoms. The maximum atomic E-state index is 12.2. The molecule has 2 rings (SSSR count). The molecule has 19 heavy (non-hydrogen) atoms. The van der Waals surface area contributed by atoms with Crippen LogP contribution in [0, 0.1) is 6.92 Å². The molecule has 0 aliphatic carbocycles. The van der Waals surface area contributed by atoms with Crippen LogP contribution in [0.5, 0.6) is 5.88 Å². The van der Waals surface area contributed by atoms with Crippen LogP contribution in [-0.2, 0) is 0 Å². The van der Waals surface area contributed by atoms with E-state index in [9.17, 15) is 9.59 Å². The van der Waals surface area contributed by atoms with E-state index in [1.54, 1.807) is 25.1 Å². The average Bonchev–Trinajstić information content (AvgIpc) is 2.38. The SMILES string of the molecule is COc1cc(-n2c(C)ccc(C(=O)O)c2=O)ccn1. The molecule has 2 heterocycles. The summed E-state index contributed by atoms with van der Waals surface area (Å²) in [5.74, 6) is -0.899. The van der Waals surface area contributed by atoms with Crippen molar-refractivity contribution in [3.63, 3.8) is 0 Å². The van der Waals surface area contributed by atoms with Crippen LogP contribution in [0.2, 0.25) is 0 Å². The Morgan fingerprint density at radius 2 is 2.11 bits per heavy atom. The molecule has 0 amide bonds. The monoisotopic (exact) mass is 260 g/mol. The lowest BCUT2D eigenvalue weighted by Gasteiger charge is -2.11. The number of aromatic carboxylic acids is 1. The molecular formula is C13H12N2O4. The van der Waals surface area contributed by atoms with E-state index in [1.807, 2.05) is 0 Å². The van der Waals surface area contributed by atoms with Crippen LogP contribution >= 0.6 is 0 Å². The van der Waals surface area contributed by atoms with Crippen molar-refractivity contribution >= 4 is 5.97 Å². The number of hydrogen-bond acceptors (Lipinski definition) is 4. The lowest BCUT2D eigenvalue weighted by atomic mass is 10.2. The van der Waals surface area contributed by atoms with Gasteiger partial charge in [-0.1, -0.05) is 0 Å². The minimum atomic E-state index is -1.25. The van der Waals surface area contributed by atoms with Crippen molar-refractivity contribution in [2.24, 2.45) is 0 Å². The van der Waals surface area contributed by atoms with Crippen LogP contribution in [0.1, 0.15) is 16.1 Å². The van der Waals surface area contributed by atoms with Crippen LogP contribution in [-0.4, -0.2) is 27.7 Å². The Kier molecular flexibility index (Phi) is 3.33. The first-order valence-corrected chi connectivity index (χ1v) is 5.51. The molecule has 0 aliphatic heterocycles. The van der Waals surface area contributed by atoms with E-state index in [0.29, 0.717) is 17.3 Å². The number of carboxylic acids is 1. The molecule has 0 aromatic carbocycles. The zero-order chi connectivity index (χ0) is 14.0. The predicted molar refractivity (Wildman–Crippen MR) is 68.1 cm³/mol. The summed E-state index contributed by atoms with van der Waals surface area (Å²) in [6.07, 6.45) is 1.49. The van der Waals surface area contributed by atoms with E-state index >= 15 is 0 Å². The Morgan fingerprint density at radius 3 is 2.74 bits per heavy atom. The van der Waals surface area contributed by atoms with Crippen molar-refractivity contribution in [1.29, 1.82) is 0 Å². The lowest BCUT2D eigenvalue weighted by Crippen LogP contribution is -2.26. The molecule has 0 atom stereocenters. The van der Waals surface area contributed by atoms with Crippen molar-refractivity contribution in [1.82, 2.24) is 9.55 Å². The molecule has 2 aromatic rings. The summed E-state index contributed by atoms with van der Waals surface area (Å²) in [7, 11) is 1.47. The minimum absolute atomic E-state index is 0.277. The summed E-state index contributed by atoms with van der Waals surface area (Å²) in [4.78, 5) is 27.1. The van der Waals surface area contributed by atoms with Crippen molar-refractivity contribution in [3.05, 3.63) is 52.1 Å². The normalized spacial score (nSPS) is 10.2. The maximum absolute atomic E-state index is 12.2. The van der Waals surface area contributed by atoms with Gasteiger partial charge >= 0.3 is 5.97 Å². The molecule has 0 spiro atoms. The standard InChI is InChI=1S/C13H12N2O4/c1-8-3-4-10(13(17)18)12(16)15(8)9-5-6-14-11(7-9)19-2/h3-7H,1-2H3,(H,17,18). The van der Waals surface area contributed by atoms with E-state index in [0.717, 1.165) is 0 Å². The Hall–Kier alpha value is -2.63. The second-order valence-electron chi connectivity index (χ2n) is 3.89. The molecule has 98 valence electrons. The van der Waals surface area contributed by atoms with Gasteiger partial charge in [0, 0.05) is 18.0 Å². The molecule has 0 unspecified atom stereocenters. The fourth-order valence-corrected chi connectivity index (χ4v) is 1.76. The van der Waals surface area contributed by atoms with Crippen molar-refractivity contribution < 1.29 is 14.6 Å². The molecule has 6 heteroatoms. The van der Waals surface area contributed by atoms with Gasteiger partial charge in [-0.25, -0.2) is 9.78 Å². The molecule has 0 saturated carbocycles. The fraction of sp³-hybridized carbons (Fsp3) is 0.154. The van der Waals surface area contributed by atoms with Crippen molar-refractivity contribution in [2.45, 2.75) is 6.92 Å². The third-order valence-electron chi connectivity index (χ3n) is 2.69. The van der Waals surface area contributed by atoms with Gasteiger partial charge in [0.2, 0.25) is 5.88 Å². The average molecular weight is 260 g/mol. The Morgan fingerprint density at radius 1 is 1.37 bits per heavy atom. The highest BCUT2D eigenvalue weighted by Gasteiger charge is 2.13. The highest BCUT2D eigenvalue weighted by Crippen LogP contribution is 2.14. The quantitative estimate of drug-likeness (QED) is 0.898. The molecule has 2 aromatic heterocycles. The number of hydrogen-bond donors (Lipinski definition) is 1. The Bertz CT molecular complexity index is 691. The second-order valence-corrected chi connectivity index (χ2v) is 3.89. The predicted octanol–water partition coefficient (Wildman–Crippen LogP) is 1.25. The smallest absolute Gasteiger partial charge is 0.341 e. The van der Waals surface area contributed by atoms with Gasteiger partial charge in [0.05, 0.1) is 12.8 Å². The first kappa shape index (κ1) is 12.8. The lowest BCUT2D eigenvalue weighted by molar-refractivity contribution is 0.0694. The van der Waals surface area contributed by atoms with Crippen LogP contribution < -0.4 is 10.3 Å². The summed E-state index contributed by atoms with van der Waals surface area (Å²) in [5, 5.41) is 8.98. The van der Waals surface area contributed by atoms with Crippen molar-refractivity contribution in [3.8, 4) is 11.6 Å². The number of nitrogens with zero attached hydrogens (tertiary/aromatic N) is 2. The third kappa shape index (κ3) is 2.33. The molecular weight excluding hydrogens is 248 g/mol. The minimum Gasteiger partial charge on any atom is -0.481 e. The Labute approximate surface area is 108 Å². The van der Waals surface area contributed by atoms with Gasteiger partial charge < -0.3 is 9.84 Å². The van der Waals surface area contributed by atoms with E-state index in [2.05, 4.69) is 4.98 Å². The molecule has 6 nitrogen and oxygen atoms in total. The third-order valence-corrected chi connectivity index (χ3v) is 2.69. The summed E-state index contributed by atoms with van der Waals surface area (Å²) >= 11 is 0. The molecule has 0 radical (unpaired) electrons. The van der Waals surface area contributed by atoms with Crippen molar-refractivity contribution in [2.75, 3.05) is 7.11 Å². The van der Waals surface area contributed by atoms with Crippen LogP contribution in [0.3, 0.4) is 0 Å². The van der Waals surface area contributed by atoms with E-state index < -0.39 is 11.5 Å². The second kappa shape index (κ2) is 4.93. The summed E-state index contributed by atoms with van der Waals surface area (Å²) in [6.45, 7) is 1.72. The van der Waals surface area contributed by atoms with Gasteiger partial charge in [0.25, 0.3) is 5.56 Å². The number of aromatic nitrogens is 2. The number of pyridine rings is 2. The zero-order valence-electron chi connectivity index (χ0n) is 10.5. The number of carbonyl (C=O) groups is 1. The molecule has 0 fully saturated rings. The van der Waals surface area contributed by atoms with Gasteiger partial charge in [-0.05, 0) is 25.1 Å². The summed E-state index contributed by atoms with van der Waals surface area (Å²) in [5.41, 5.74) is 0.280. The zero-order valence-corrected chi connectivity index (χ0v) is 10.5. The first-order valence-electron chi connectivity index (χ1n) is 5.51. The number of rotatable bonds is 3. The Balaban J connectivity index is 2.70. The fourth-order valence-electron chi connectivity index (χ4n) is 1.76. The highest BCUT2D eigenvalue weighted by atomic mass is 16.5. The van der Waals surface area contributed by atoms with Gasteiger partial charge in [0.15, 0.2) is 0 Å². The summed E-state index contributed by atoms with van der Waals surface area (Å²) < 4.78 is 6.30. The van der Waals surface area contributed by atoms with Crippen LogP contribution in [0.4, 0.5) is 0 Å². The highest BCUT2D eigenvalue weighted by molar-refractivity contribution is 5.87. The van der Waals surface area contributed by atoms with Gasteiger partial charge in [-0.3, -0.25) is 9.36 Å². The number of methoxy groups -OCH3 is 1. The number of ether oxygens (including phenoxy) is 1. The van der Waals surface area contributed by atoms with E-state index in [4.69, 9.17) is 9.84 Å². The van der Waals surface area contributed by atoms with Crippen LogP contribution in [0.15, 0.2) is 35.3 Å².